The van der Waals surface area contributed by atoms with Gasteiger partial charge in [-0.2, -0.15) is 0 Å². The molecule has 0 bridgehead atoms. The normalized spacial score (nSPS) is 23.3. The summed E-state index contributed by atoms with van der Waals surface area (Å²) in [7, 11) is 1.60. The zero-order chi connectivity index (χ0) is 16.1. The number of carbonyl (C=O) groups is 3. The molecule has 1 aliphatic heterocycles. The Hall–Kier alpha value is -2.69. The Morgan fingerprint density at radius 1 is 1.13 bits per heavy atom. The summed E-state index contributed by atoms with van der Waals surface area (Å²) < 4.78 is 5.38. The highest BCUT2D eigenvalue weighted by molar-refractivity contribution is 6.20. The van der Waals surface area contributed by atoms with Crippen LogP contribution in [0.25, 0.3) is 10.8 Å². The molecule has 0 spiro atoms. The summed E-state index contributed by atoms with van der Waals surface area (Å²) in [5.41, 5.74) is 1.49. The van der Waals surface area contributed by atoms with Gasteiger partial charge in [-0.1, -0.05) is 24.3 Å². The third-order valence-electron chi connectivity index (χ3n) is 4.82. The summed E-state index contributed by atoms with van der Waals surface area (Å²) in [6, 6.07) is 9.23. The Balaban J connectivity index is 1.88. The van der Waals surface area contributed by atoms with Gasteiger partial charge in [0.05, 0.1) is 18.9 Å². The van der Waals surface area contributed by atoms with Gasteiger partial charge < -0.3 is 4.74 Å². The molecule has 23 heavy (non-hydrogen) atoms. The van der Waals surface area contributed by atoms with Crippen LogP contribution in [0, 0.1) is 5.92 Å². The summed E-state index contributed by atoms with van der Waals surface area (Å²) >= 11 is 0. The Morgan fingerprint density at radius 3 is 2.70 bits per heavy atom. The summed E-state index contributed by atoms with van der Waals surface area (Å²) in [6.45, 7) is 0. The molecule has 2 unspecified atom stereocenters. The molecule has 116 valence electrons. The predicted molar refractivity (Wildman–Crippen MR) is 83.4 cm³/mol. The van der Waals surface area contributed by atoms with Crippen molar-refractivity contribution < 1.29 is 19.1 Å². The van der Waals surface area contributed by atoms with Crippen molar-refractivity contribution >= 4 is 28.4 Å². The number of hydrogen-bond acceptors (Lipinski definition) is 4. The van der Waals surface area contributed by atoms with Crippen molar-refractivity contribution in [1.29, 1.82) is 0 Å². The van der Waals surface area contributed by atoms with Crippen LogP contribution in [0.5, 0.6) is 5.75 Å². The molecule has 5 heteroatoms. The molecule has 2 aliphatic rings. The lowest BCUT2D eigenvalue weighted by Crippen LogP contribution is -2.43. The van der Waals surface area contributed by atoms with Crippen molar-refractivity contribution in [2.75, 3.05) is 7.11 Å². The predicted octanol–water partition coefficient (Wildman–Crippen LogP) is 2.18. The van der Waals surface area contributed by atoms with Crippen LogP contribution < -0.4 is 10.1 Å². The molecule has 1 aliphatic carbocycles. The fourth-order valence-corrected chi connectivity index (χ4v) is 3.79. The third-order valence-corrected chi connectivity index (χ3v) is 4.82. The number of hydrogen-bond donors (Lipinski definition) is 1. The van der Waals surface area contributed by atoms with Crippen LogP contribution in [0.1, 0.15) is 34.7 Å². The minimum atomic E-state index is -0.520. The number of ketones is 1. The Bertz CT molecular complexity index is 871. The molecule has 2 aromatic rings. The van der Waals surface area contributed by atoms with Crippen LogP contribution in [0.3, 0.4) is 0 Å². The summed E-state index contributed by atoms with van der Waals surface area (Å²) in [6.07, 6.45) is 0.679. The van der Waals surface area contributed by atoms with Crippen LogP contribution >= 0.6 is 0 Å². The number of ether oxygens (including phenoxy) is 1. The number of amides is 2. The van der Waals surface area contributed by atoms with E-state index < -0.39 is 11.8 Å². The van der Waals surface area contributed by atoms with Crippen molar-refractivity contribution in [2.45, 2.75) is 18.8 Å². The van der Waals surface area contributed by atoms with E-state index in [1.54, 1.807) is 13.2 Å². The van der Waals surface area contributed by atoms with E-state index in [0.717, 1.165) is 16.3 Å². The van der Waals surface area contributed by atoms with Gasteiger partial charge >= 0.3 is 0 Å². The fraction of sp³-hybridized carbons (Fsp3) is 0.278. The van der Waals surface area contributed by atoms with Gasteiger partial charge in [-0.25, -0.2) is 0 Å². The molecule has 1 fully saturated rings. The number of carbonyl (C=O) groups excluding carboxylic acids is 3. The van der Waals surface area contributed by atoms with Crippen LogP contribution in [0.4, 0.5) is 0 Å². The van der Waals surface area contributed by atoms with Gasteiger partial charge in [-0.3, -0.25) is 19.7 Å². The number of piperidine rings is 1. The second-order valence-electron chi connectivity index (χ2n) is 5.98. The number of nitrogens with one attached hydrogen (secondary N) is 1. The smallest absolute Gasteiger partial charge is 0.230 e. The zero-order valence-electron chi connectivity index (χ0n) is 12.6. The zero-order valence-corrected chi connectivity index (χ0v) is 12.6. The lowest BCUT2D eigenvalue weighted by Gasteiger charge is -2.26. The topological polar surface area (TPSA) is 72.5 Å². The molecule has 1 N–H and O–H groups in total. The molecule has 0 radical (unpaired) electrons. The maximum Gasteiger partial charge on any atom is 0.230 e. The minimum absolute atomic E-state index is 0.0478. The first-order valence-corrected chi connectivity index (χ1v) is 7.59. The molecule has 1 heterocycles. The highest BCUT2D eigenvalue weighted by Gasteiger charge is 2.43. The maximum absolute atomic E-state index is 12.9. The van der Waals surface area contributed by atoms with E-state index >= 15 is 0 Å². The van der Waals surface area contributed by atoms with E-state index in [0.29, 0.717) is 17.7 Å². The Labute approximate surface area is 132 Å². The first kappa shape index (κ1) is 13.9. The SMILES string of the molecule is COc1ccc2c3c(cccc13)C(=O)C2C1CCC(=O)NC1=O. The van der Waals surface area contributed by atoms with Crippen molar-refractivity contribution in [2.24, 2.45) is 5.92 Å². The highest BCUT2D eigenvalue weighted by atomic mass is 16.5. The van der Waals surface area contributed by atoms with E-state index in [9.17, 15) is 14.4 Å². The Kier molecular flexibility index (Phi) is 2.98. The molecular weight excluding hydrogens is 294 g/mol. The van der Waals surface area contributed by atoms with Crippen molar-refractivity contribution in [3.05, 3.63) is 41.5 Å². The molecule has 1 saturated heterocycles. The average molecular weight is 309 g/mol. The maximum atomic E-state index is 12.9. The van der Waals surface area contributed by atoms with Crippen molar-refractivity contribution in [3.63, 3.8) is 0 Å². The number of methoxy groups -OCH3 is 1. The summed E-state index contributed by atoms with van der Waals surface area (Å²) in [4.78, 5) is 36.5. The largest absolute Gasteiger partial charge is 0.496 e. The first-order chi connectivity index (χ1) is 11.1. The molecular formula is C18H15NO4. The fourth-order valence-electron chi connectivity index (χ4n) is 3.79. The lowest BCUT2D eigenvalue weighted by atomic mass is 9.80. The number of rotatable bonds is 2. The van der Waals surface area contributed by atoms with Gasteiger partial charge in [-0.15, -0.1) is 0 Å². The Morgan fingerprint density at radius 2 is 1.96 bits per heavy atom. The van der Waals surface area contributed by atoms with Crippen LogP contribution in [0.2, 0.25) is 0 Å². The van der Waals surface area contributed by atoms with Gasteiger partial charge in [0.2, 0.25) is 11.8 Å². The first-order valence-electron chi connectivity index (χ1n) is 7.59. The molecule has 0 saturated carbocycles. The van der Waals surface area contributed by atoms with Crippen LogP contribution in [-0.4, -0.2) is 24.7 Å². The van der Waals surface area contributed by atoms with Crippen molar-refractivity contribution in [3.8, 4) is 5.75 Å². The lowest BCUT2D eigenvalue weighted by molar-refractivity contribution is -0.136. The van der Waals surface area contributed by atoms with Gasteiger partial charge in [0.1, 0.15) is 5.75 Å². The van der Waals surface area contributed by atoms with Gasteiger partial charge in [-0.05, 0) is 18.1 Å². The highest BCUT2D eigenvalue weighted by Crippen LogP contribution is 2.46. The standard InChI is InChI=1S/C18H15NO4/c1-23-13-7-5-10-15-9(13)3-2-4-11(15)17(21)16(10)12-6-8-14(20)19-18(12)22/h2-5,7,12,16H,6,8H2,1H3,(H,19,20,22). The van der Waals surface area contributed by atoms with E-state index in [1.165, 1.54) is 0 Å². The minimum Gasteiger partial charge on any atom is -0.496 e. The second-order valence-corrected chi connectivity index (χ2v) is 5.98. The van der Waals surface area contributed by atoms with E-state index in [2.05, 4.69) is 5.32 Å². The molecule has 2 atom stereocenters. The molecule has 0 aromatic heterocycles. The monoisotopic (exact) mass is 309 g/mol. The molecule has 4 rings (SSSR count). The van der Waals surface area contributed by atoms with E-state index in [1.807, 2.05) is 24.3 Å². The number of Topliss-reactive ketones (excluding diaryl/α,β-unsaturated/α-hetero) is 1. The second kappa shape index (κ2) is 4.91. The van der Waals surface area contributed by atoms with Crippen LogP contribution in [0.15, 0.2) is 30.3 Å². The van der Waals surface area contributed by atoms with Gasteiger partial charge in [0.25, 0.3) is 0 Å². The van der Waals surface area contributed by atoms with Crippen molar-refractivity contribution in [1.82, 2.24) is 5.32 Å². The molecule has 2 amide bonds. The third kappa shape index (κ3) is 1.89. The molecule has 2 aromatic carbocycles. The van der Waals surface area contributed by atoms with Gasteiger partial charge in [0.15, 0.2) is 5.78 Å². The quantitative estimate of drug-likeness (QED) is 0.863. The summed E-state index contributed by atoms with van der Waals surface area (Å²) in [5.74, 6) is -0.973. The number of imide groups is 1. The summed E-state index contributed by atoms with van der Waals surface area (Å²) in [5, 5.41) is 4.10. The van der Waals surface area contributed by atoms with E-state index in [-0.39, 0.29) is 24.0 Å². The average Bonchev–Trinajstić information content (AvgIpc) is 2.83. The van der Waals surface area contributed by atoms with Crippen LogP contribution in [-0.2, 0) is 9.59 Å². The van der Waals surface area contributed by atoms with E-state index in [4.69, 9.17) is 4.74 Å². The van der Waals surface area contributed by atoms with Gasteiger partial charge in [0, 0.05) is 22.8 Å². The molecule has 5 nitrogen and oxygen atoms in total. The number of benzene rings is 2.